The van der Waals surface area contributed by atoms with Crippen LogP contribution in [-0.2, 0) is 4.74 Å². The highest BCUT2D eigenvalue weighted by atomic mass is 16.5. The Morgan fingerprint density at radius 1 is 1.64 bits per heavy atom. The fraction of sp³-hybridized carbons (Fsp3) is 1.00. The van der Waals surface area contributed by atoms with Gasteiger partial charge in [-0.2, -0.15) is 0 Å². The fourth-order valence-corrected chi connectivity index (χ4v) is 1.48. The Morgan fingerprint density at radius 2 is 2.27 bits per heavy atom. The van der Waals surface area contributed by atoms with Gasteiger partial charge in [0.05, 0.1) is 19.3 Å². The molecule has 1 atom stereocenters. The zero-order valence-electron chi connectivity index (χ0n) is 7.42. The predicted molar refractivity (Wildman–Crippen MR) is 45.5 cm³/mol. The first kappa shape index (κ1) is 8.97. The average Bonchev–Trinajstić information content (AvgIpc) is 1.94. The number of rotatable bonds is 4. The smallest absolute Gasteiger partial charge is 0.0645 e. The van der Waals surface area contributed by atoms with Crippen LogP contribution >= 0.6 is 0 Å². The molecule has 1 saturated heterocycles. The molecule has 0 spiro atoms. The van der Waals surface area contributed by atoms with Crippen LogP contribution in [0.15, 0.2) is 0 Å². The second-order valence-corrected chi connectivity index (χ2v) is 3.11. The van der Waals surface area contributed by atoms with Gasteiger partial charge in [-0.15, -0.1) is 0 Å². The van der Waals surface area contributed by atoms with E-state index in [0.29, 0.717) is 12.1 Å². The van der Waals surface area contributed by atoms with Crippen molar-refractivity contribution in [2.75, 3.05) is 26.3 Å². The molecule has 1 unspecified atom stereocenters. The second-order valence-electron chi connectivity index (χ2n) is 3.11. The Bertz CT molecular complexity index is 110. The van der Waals surface area contributed by atoms with Crippen molar-refractivity contribution in [1.82, 2.24) is 4.90 Å². The first-order valence-electron chi connectivity index (χ1n) is 4.33. The van der Waals surface area contributed by atoms with Crippen molar-refractivity contribution >= 4 is 0 Å². The van der Waals surface area contributed by atoms with E-state index < -0.39 is 0 Å². The monoisotopic (exact) mass is 158 g/mol. The van der Waals surface area contributed by atoms with Crippen LogP contribution in [0.25, 0.3) is 0 Å². The van der Waals surface area contributed by atoms with Gasteiger partial charge in [0.1, 0.15) is 0 Å². The Labute approximate surface area is 68.5 Å². The maximum absolute atomic E-state index is 5.58. The van der Waals surface area contributed by atoms with Crippen LogP contribution < -0.4 is 5.73 Å². The Kier molecular flexibility index (Phi) is 3.30. The molecular formula is C8H18N2O. The van der Waals surface area contributed by atoms with Crippen LogP contribution in [0.3, 0.4) is 0 Å². The molecule has 3 nitrogen and oxygen atoms in total. The molecule has 0 amide bonds. The Hall–Kier alpha value is -0.120. The summed E-state index contributed by atoms with van der Waals surface area (Å²) in [6.07, 6.45) is 0. The van der Waals surface area contributed by atoms with Crippen LogP contribution in [0.1, 0.15) is 13.8 Å². The number of ether oxygens (including phenoxy) is 1. The summed E-state index contributed by atoms with van der Waals surface area (Å²) in [5.41, 5.74) is 5.58. The van der Waals surface area contributed by atoms with Crippen LogP contribution in [0.5, 0.6) is 0 Å². The van der Waals surface area contributed by atoms with Crippen molar-refractivity contribution in [3.05, 3.63) is 0 Å². The zero-order valence-corrected chi connectivity index (χ0v) is 7.42. The largest absolute Gasteiger partial charge is 0.378 e. The van der Waals surface area contributed by atoms with Crippen molar-refractivity contribution in [2.45, 2.75) is 25.9 Å². The van der Waals surface area contributed by atoms with Crippen LogP contribution in [-0.4, -0.2) is 43.3 Å². The summed E-state index contributed by atoms with van der Waals surface area (Å²) < 4.78 is 5.13. The van der Waals surface area contributed by atoms with Crippen LogP contribution in [0.2, 0.25) is 0 Å². The minimum absolute atomic E-state index is 0.494. The summed E-state index contributed by atoms with van der Waals surface area (Å²) in [6, 6.07) is 1.12. The van der Waals surface area contributed by atoms with E-state index in [2.05, 4.69) is 18.7 Å². The molecule has 0 saturated carbocycles. The lowest BCUT2D eigenvalue weighted by Crippen LogP contribution is -2.54. The summed E-state index contributed by atoms with van der Waals surface area (Å²) >= 11 is 0. The van der Waals surface area contributed by atoms with Gasteiger partial charge in [-0.3, -0.25) is 4.90 Å². The number of likely N-dealkylation sites (N-methyl/N-ethyl adjacent to an activating group) is 1. The third kappa shape index (κ3) is 1.92. The van der Waals surface area contributed by atoms with Gasteiger partial charge in [0.15, 0.2) is 0 Å². The topological polar surface area (TPSA) is 38.5 Å². The van der Waals surface area contributed by atoms with Gasteiger partial charge in [-0.05, 0) is 13.5 Å². The van der Waals surface area contributed by atoms with Gasteiger partial charge in [-0.25, -0.2) is 0 Å². The highest BCUT2D eigenvalue weighted by Gasteiger charge is 2.27. The lowest BCUT2D eigenvalue weighted by atomic mass is 10.1. The van der Waals surface area contributed by atoms with E-state index >= 15 is 0 Å². The van der Waals surface area contributed by atoms with Crippen molar-refractivity contribution in [1.29, 1.82) is 0 Å². The van der Waals surface area contributed by atoms with Gasteiger partial charge in [-0.1, -0.05) is 6.92 Å². The average molecular weight is 158 g/mol. The highest BCUT2D eigenvalue weighted by molar-refractivity contribution is 4.80. The maximum Gasteiger partial charge on any atom is 0.0645 e. The molecule has 0 aromatic heterocycles. The summed E-state index contributed by atoms with van der Waals surface area (Å²) in [6.45, 7) is 7.93. The normalized spacial score (nSPS) is 21.8. The first-order valence-corrected chi connectivity index (χ1v) is 4.33. The van der Waals surface area contributed by atoms with Crippen molar-refractivity contribution in [3.63, 3.8) is 0 Å². The predicted octanol–water partition coefficient (Wildman–Crippen LogP) is 0.0543. The summed E-state index contributed by atoms with van der Waals surface area (Å²) in [7, 11) is 0. The lowest BCUT2D eigenvalue weighted by molar-refractivity contribution is -0.0741. The van der Waals surface area contributed by atoms with E-state index in [1.165, 1.54) is 0 Å². The van der Waals surface area contributed by atoms with Crippen molar-refractivity contribution < 1.29 is 4.74 Å². The number of hydrogen-bond donors (Lipinski definition) is 1. The molecule has 66 valence electrons. The summed E-state index contributed by atoms with van der Waals surface area (Å²) in [4.78, 5) is 2.41. The minimum Gasteiger partial charge on any atom is -0.378 e. The van der Waals surface area contributed by atoms with E-state index in [4.69, 9.17) is 10.5 Å². The Balaban J connectivity index is 2.34. The SMILES string of the molecule is CCN(C(C)CN)C1COC1. The van der Waals surface area contributed by atoms with Gasteiger partial charge < -0.3 is 10.5 Å². The van der Waals surface area contributed by atoms with E-state index in [-0.39, 0.29) is 0 Å². The third-order valence-corrected chi connectivity index (χ3v) is 2.36. The fourth-order valence-electron chi connectivity index (χ4n) is 1.48. The van der Waals surface area contributed by atoms with E-state index in [0.717, 1.165) is 26.3 Å². The zero-order chi connectivity index (χ0) is 8.27. The van der Waals surface area contributed by atoms with Crippen LogP contribution in [0.4, 0.5) is 0 Å². The highest BCUT2D eigenvalue weighted by Crippen LogP contribution is 2.12. The second kappa shape index (κ2) is 4.04. The summed E-state index contributed by atoms with van der Waals surface area (Å²) in [5, 5.41) is 0. The number of hydrogen-bond acceptors (Lipinski definition) is 3. The molecule has 0 aromatic carbocycles. The standard InChI is InChI=1S/C8H18N2O/c1-3-10(7(2)4-9)8-5-11-6-8/h7-8H,3-6,9H2,1-2H3. The van der Waals surface area contributed by atoms with Gasteiger partial charge >= 0.3 is 0 Å². The molecule has 3 heteroatoms. The third-order valence-electron chi connectivity index (χ3n) is 2.36. The molecule has 11 heavy (non-hydrogen) atoms. The summed E-state index contributed by atoms with van der Waals surface area (Å²) in [5.74, 6) is 0. The lowest BCUT2D eigenvalue weighted by Gasteiger charge is -2.40. The number of nitrogens with zero attached hydrogens (tertiary/aromatic N) is 1. The molecule has 0 bridgehead atoms. The molecule has 1 fully saturated rings. The Morgan fingerprint density at radius 3 is 2.55 bits per heavy atom. The number of nitrogens with two attached hydrogens (primary N) is 1. The molecule has 0 aliphatic carbocycles. The van der Waals surface area contributed by atoms with Crippen molar-refractivity contribution in [2.24, 2.45) is 5.73 Å². The van der Waals surface area contributed by atoms with Gasteiger partial charge in [0, 0.05) is 12.6 Å². The minimum atomic E-state index is 0.494. The maximum atomic E-state index is 5.58. The van der Waals surface area contributed by atoms with E-state index in [9.17, 15) is 0 Å². The molecule has 1 aliphatic heterocycles. The molecule has 0 radical (unpaired) electrons. The molecule has 1 rings (SSSR count). The molecule has 1 aliphatic rings. The molecule has 0 aromatic rings. The molecule has 1 heterocycles. The van der Waals surface area contributed by atoms with E-state index in [1.807, 2.05) is 0 Å². The van der Waals surface area contributed by atoms with E-state index in [1.54, 1.807) is 0 Å². The van der Waals surface area contributed by atoms with Gasteiger partial charge in [0.2, 0.25) is 0 Å². The van der Waals surface area contributed by atoms with Crippen molar-refractivity contribution in [3.8, 4) is 0 Å². The van der Waals surface area contributed by atoms with Crippen LogP contribution in [0, 0.1) is 0 Å². The molecular weight excluding hydrogens is 140 g/mol. The molecule has 2 N–H and O–H groups in total. The first-order chi connectivity index (χ1) is 5.29. The quantitative estimate of drug-likeness (QED) is 0.628. The van der Waals surface area contributed by atoms with Gasteiger partial charge in [0.25, 0.3) is 0 Å².